The first kappa shape index (κ1) is 20.5. The number of carbonyl (C=O) groups is 1. The van der Waals surface area contributed by atoms with Crippen LogP contribution in [0.1, 0.15) is 23.1 Å². The summed E-state index contributed by atoms with van der Waals surface area (Å²) in [7, 11) is 1.55. The molecule has 0 atom stereocenters. The molecule has 0 aliphatic rings. The fraction of sp³-hybridized carbons (Fsp3) is 0.304. The zero-order chi connectivity index (χ0) is 20.8. The smallest absolute Gasteiger partial charge is 0.339 e. The largest absolute Gasteiger partial charge is 0.497 e. The van der Waals surface area contributed by atoms with E-state index in [1.165, 1.54) is 0 Å². The molecule has 0 aliphatic carbocycles. The fourth-order valence-electron chi connectivity index (χ4n) is 3.11. The molecule has 0 saturated heterocycles. The molecule has 29 heavy (non-hydrogen) atoms. The number of esters is 1. The number of carbonyl (C=O) groups excluding carboxylic acids is 1. The van der Waals surface area contributed by atoms with E-state index in [9.17, 15) is 9.59 Å². The predicted octanol–water partition coefficient (Wildman–Crippen LogP) is 3.97. The van der Waals surface area contributed by atoms with E-state index in [4.69, 9.17) is 18.6 Å². The monoisotopic (exact) mass is 396 g/mol. The molecule has 1 aromatic heterocycles. The van der Waals surface area contributed by atoms with Crippen molar-refractivity contribution < 1.29 is 23.4 Å². The number of hydrogen-bond acceptors (Lipinski definition) is 6. The fourth-order valence-corrected chi connectivity index (χ4v) is 3.11. The van der Waals surface area contributed by atoms with E-state index < -0.39 is 5.63 Å². The van der Waals surface area contributed by atoms with Crippen LogP contribution in [-0.2, 0) is 16.0 Å². The highest BCUT2D eigenvalue weighted by molar-refractivity contribution is 5.82. The van der Waals surface area contributed by atoms with E-state index in [0.717, 1.165) is 22.3 Å². The van der Waals surface area contributed by atoms with Crippen molar-refractivity contribution in [3.63, 3.8) is 0 Å². The second-order valence-corrected chi connectivity index (χ2v) is 6.74. The maximum absolute atomic E-state index is 12.3. The molecule has 152 valence electrons. The van der Waals surface area contributed by atoms with Gasteiger partial charge in [-0.15, -0.1) is 0 Å². The van der Waals surface area contributed by atoms with Crippen molar-refractivity contribution in [2.24, 2.45) is 0 Å². The SMILES string of the molecule is COc1ccc2c(C)c(CCC(=O)OCCOc3cccc(C)c3)c(=O)oc2c1. The van der Waals surface area contributed by atoms with Gasteiger partial charge in [0.15, 0.2) is 0 Å². The number of rotatable bonds is 8. The number of methoxy groups -OCH3 is 1. The van der Waals surface area contributed by atoms with Gasteiger partial charge in [-0.2, -0.15) is 0 Å². The summed E-state index contributed by atoms with van der Waals surface area (Å²) < 4.78 is 21.3. The summed E-state index contributed by atoms with van der Waals surface area (Å²) in [5.41, 5.74) is 2.40. The van der Waals surface area contributed by atoms with Crippen LogP contribution >= 0.6 is 0 Å². The van der Waals surface area contributed by atoms with E-state index in [1.54, 1.807) is 13.2 Å². The molecule has 0 fully saturated rings. The molecule has 6 nitrogen and oxygen atoms in total. The van der Waals surface area contributed by atoms with Gasteiger partial charge in [0.25, 0.3) is 0 Å². The Morgan fingerprint density at radius 3 is 2.62 bits per heavy atom. The van der Waals surface area contributed by atoms with E-state index in [-0.39, 0.29) is 32.0 Å². The van der Waals surface area contributed by atoms with Crippen molar-refractivity contribution in [2.75, 3.05) is 20.3 Å². The van der Waals surface area contributed by atoms with Gasteiger partial charge in [-0.1, -0.05) is 12.1 Å². The van der Waals surface area contributed by atoms with Crippen LogP contribution in [-0.4, -0.2) is 26.3 Å². The van der Waals surface area contributed by atoms with Gasteiger partial charge in [-0.25, -0.2) is 4.79 Å². The molecular formula is C23H24O6. The van der Waals surface area contributed by atoms with E-state index in [0.29, 0.717) is 16.9 Å². The molecule has 3 aromatic rings. The van der Waals surface area contributed by atoms with Gasteiger partial charge in [0.05, 0.1) is 7.11 Å². The highest BCUT2D eigenvalue weighted by Gasteiger charge is 2.14. The van der Waals surface area contributed by atoms with Gasteiger partial charge in [-0.3, -0.25) is 4.79 Å². The molecule has 0 aliphatic heterocycles. The van der Waals surface area contributed by atoms with Crippen LogP contribution < -0.4 is 15.1 Å². The minimum Gasteiger partial charge on any atom is -0.497 e. The van der Waals surface area contributed by atoms with Crippen LogP contribution in [0.25, 0.3) is 11.0 Å². The first-order valence-corrected chi connectivity index (χ1v) is 9.43. The first-order chi connectivity index (χ1) is 14.0. The molecule has 0 unspecified atom stereocenters. The third-order valence-electron chi connectivity index (χ3n) is 4.68. The van der Waals surface area contributed by atoms with Crippen molar-refractivity contribution in [1.29, 1.82) is 0 Å². The zero-order valence-electron chi connectivity index (χ0n) is 16.8. The lowest BCUT2D eigenvalue weighted by atomic mass is 10.0. The van der Waals surface area contributed by atoms with Gasteiger partial charge < -0.3 is 18.6 Å². The number of fused-ring (bicyclic) bond motifs is 1. The van der Waals surface area contributed by atoms with E-state index >= 15 is 0 Å². The first-order valence-electron chi connectivity index (χ1n) is 9.43. The standard InChI is InChI=1S/C23H24O6/c1-15-5-4-6-18(13-15)27-11-12-28-22(24)10-9-20-16(2)19-8-7-17(26-3)14-21(19)29-23(20)25/h4-8,13-14H,9-12H2,1-3H3. The lowest BCUT2D eigenvalue weighted by Crippen LogP contribution is -2.16. The Morgan fingerprint density at radius 2 is 1.86 bits per heavy atom. The highest BCUT2D eigenvalue weighted by atomic mass is 16.6. The van der Waals surface area contributed by atoms with Crippen molar-refractivity contribution in [3.8, 4) is 11.5 Å². The second-order valence-electron chi connectivity index (χ2n) is 6.74. The van der Waals surface area contributed by atoms with Gasteiger partial charge in [0.2, 0.25) is 0 Å². The van der Waals surface area contributed by atoms with Crippen LogP contribution in [0.3, 0.4) is 0 Å². The summed E-state index contributed by atoms with van der Waals surface area (Å²) in [4.78, 5) is 24.4. The zero-order valence-corrected chi connectivity index (χ0v) is 16.8. The summed E-state index contributed by atoms with van der Waals surface area (Å²) in [5, 5.41) is 0.820. The number of aryl methyl sites for hydroxylation is 2. The second kappa shape index (κ2) is 9.28. The van der Waals surface area contributed by atoms with E-state index in [2.05, 4.69) is 0 Å². The molecule has 1 heterocycles. The molecular weight excluding hydrogens is 372 g/mol. The maximum Gasteiger partial charge on any atom is 0.339 e. The predicted molar refractivity (Wildman–Crippen MR) is 110 cm³/mol. The summed E-state index contributed by atoms with van der Waals surface area (Å²) >= 11 is 0. The van der Waals surface area contributed by atoms with Crippen molar-refractivity contribution in [3.05, 3.63) is 69.6 Å². The average molecular weight is 396 g/mol. The van der Waals surface area contributed by atoms with Gasteiger partial charge >= 0.3 is 11.6 Å². The Labute approximate surface area is 169 Å². The average Bonchev–Trinajstić information content (AvgIpc) is 2.70. The topological polar surface area (TPSA) is 75.0 Å². The normalized spacial score (nSPS) is 10.7. The van der Waals surface area contributed by atoms with Crippen LogP contribution in [0.15, 0.2) is 51.7 Å². The van der Waals surface area contributed by atoms with Crippen molar-refractivity contribution >= 4 is 16.9 Å². The number of benzene rings is 2. The molecule has 0 radical (unpaired) electrons. The Kier molecular flexibility index (Phi) is 6.54. The summed E-state index contributed by atoms with van der Waals surface area (Å²) in [5.74, 6) is 0.970. The molecule has 0 bridgehead atoms. The van der Waals surface area contributed by atoms with E-state index in [1.807, 2.05) is 50.2 Å². The summed E-state index contributed by atoms with van der Waals surface area (Å²) in [6.45, 7) is 4.25. The minimum absolute atomic E-state index is 0.0949. The third kappa shape index (κ3) is 5.16. The Balaban J connectivity index is 1.54. The highest BCUT2D eigenvalue weighted by Crippen LogP contribution is 2.24. The van der Waals surface area contributed by atoms with Crippen LogP contribution in [0, 0.1) is 13.8 Å². The Hall–Kier alpha value is -3.28. The number of ether oxygens (including phenoxy) is 3. The minimum atomic E-state index is -0.446. The third-order valence-corrected chi connectivity index (χ3v) is 4.68. The summed E-state index contributed by atoms with van der Waals surface area (Å²) in [6, 6.07) is 13.0. The van der Waals surface area contributed by atoms with Gasteiger partial charge in [-0.05, 0) is 55.7 Å². The van der Waals surface area contributed by atoms with Crippen molar-refractivity contribution in [2.45, 2.75) is 26.7 Å². The molecule has 0 N–H and O–H groups in total. The lowest BCUT2D eigenvalue weighted by molar-refractivity contribution is -0.144. The molecule has 0 spiro atoms. The molecule has 3 rings (SSSR count). The number of hydrogen-bond donors (Lipinski definition) is 0. The molecule has 0 amide bonds. The molecule has 6 heteroatoms. The molecule has 0 saturated carbocycles. The van der Waals surface area contributed by atoms with Crippen molar-refractivity contribution in [1.82, 2.24) is 0 Å². The van der Waals surface area contributed by atoms with Crippen LogP contribution in [0.4, 0.5) is 0 Å². The van der Waals surface area contributed by atoms with Gasteiger partial charge in [0, 0.05) is 23.4 Å². The Bertz CT molecular complexity index is 1070. The lowest BCUT2D eigenvalue weighted by Gasteiger charge is -2.10. The van der Waals surface area contributed by atoms with Crippen LogP contribution in [0.2, 0.25) is 0 Å². The molecule has 2 aromatic carbocycles. The van der Waals surface area contributed by atoms with Crippen LogP contribution in [0.5, 0.6) is 11.5 Å². The van der Waals surface area contributed by atoms with Gasteiger partial charge in [0.1, 0.15) is 30.3 Å². The Morgan fingerprint density at radius 1 is 1.03 bits per heavy atom. The summed E-state index contributed by atoms with van der Waals surface area (Å²) in [6.07, 6.45) is 0.353. The maximum atomic E-state index is 12.3. The quantitative estimate of drug-likeness (QED) is 0.326.